The van der Waals surface area contributed by atoms with Crippen molar-refractivity contribution in [2.24, 2.45) is 5.92 Å². The topological polar surface area (TPSA) is 57.5 Å². The molecule has 0 heterocycles. The number of hydrogen-bond donors (Lipinski definition) is 2. The third-order valence-electron chi connectivity index (χ3n) is 2.54. The predicted octanol–water partition coefficient (Wildman–Crippen LogP) is 2.43. The Labute approximate surface area is 86.1 Å². The first kappa shape index (κ1) is 13.4. The molecule has 0 aliphatic carbocycles. The van der Waals surface area contributed by atoms with Crippen LogP contribution < -0.4 is 0 Å². The van der Waals surface area contributed by atoms with Gasteiger partial charge in [-0.05, 0) is 18.8 Å². The summed E-state index contributed by atoms with van der Waals surface area (Å²) in [4.78, 5) is 10.6. The van der Waals surface area contributed by atoms with Crippen LogP contribution in [0.5, 0.6) is 0 Å². The van der Waals surface area contributed by atoms with Crippen LogP contribution in [0.15, 0.2) is 0 Å². The number of aliphatic carboxylic acids is 1. The van der Waals surface area contributed by atoms with Gasteiger partial charge in [-0.3, -0.25) is 0 Å². The van der Waals surface area contributed by atoms with E-state index in [1.54, 1.807) is 0 Å². The van der Waals surface area contributed by atoms with Gasteiger partial charge in [-0.1, -0.05) is 39.5 Å². The van der Waals surface area contributed by atoms with Gasteiger partial charge in [0.25, 0.3) is 0 Å². The van der Waals surface area contributed by atoms with E-state index in [1.807, 2.05) is 6.92 Å². The Morgan fingerprint density at radius 3 is 2.21 bits per heavy atom. The summed E-state index contributed by atoms with van der Waals surface area (Å²) >= 11 is 0. The molecule has 0 aliphatic rings. The Hall–Kier alpha value is -0.570. The van der Waals surface area contributed by atoms with Crippen molar-refractivity contribution in [1.82, 2.24) is 0 Å². The Bertz CT molecular complexity index is 157. The lowest BCUT2D eigenvalue weighted by atomic mass is 9.91. The molecule has 0 saturated carbocycles. The molecule has 0 amide bonds. The molecule has 2 atom stereocenters. The van der Waals surface area contributed by atoms with E-state index in [0.29, 0.717) is 0 Å². The van der Waals surface area contributed by atoms with Crippen LogP contribution in [0.1, 0.15) is 52.4 Å². The molecule has 2 N–H and O–H groups in total. The molecule has 0 rings (SSSR count). The maximum atomic E-state index is 10.6. The molecular weight excluding hydrogens is 180 g/mol. The van der Waals surface area contributed by atoms with Crippen molar-refractivity contribution in [3.63, 3.8) is 0 Å². The molecule has 0 aromatic rings. The maximum absolute atomic E-state index is 10.6. The molecule has 0 radical (unpaired) electrons. The summed E-state index contributed by atoms with van der Waals surface area (Å²) in [5.74, 6) is -1.15. The average molecular weight is 202 g/mol. The van der Waals surface area contributed by atoms with Crippen LogP contribution in [-0.4, -0.2) is 22.3 Å². The van der Waals surface area contributed by atoms with Gasteiger partial charge >= 0.3 is 5.97 Å². The maximum Gasteiger partial charge on any atom is 0.332 e. The highest BCUT2D eigenvalue weighted by molar-refractivity contribution is 5.72. The second-order valence-electron chi connectivity index (χ2n) is 3.83. The van der Waals surface area contributed by atoms with Crippen molar-refractivity contribution in [2.45, 2.75) is 58.5 Å². The van der Waals surface area contributed by atoms with E-state index < -0.39 is 12.1 Å². The molecule has 0 aliphatic heterocycles. The van der Waals surface area contributed by atoms with E-state index in [0.717, 1.165) is 38.5 Å². The molecule has 2 unspecified atom stereocenters. The first-order valence-corrected chi connectivity index (χ1v) is 5.54. The fourth-order valence-electron chi connectivity index (χ4n) is 1.69. The second kappa shape index (κ2) is 7.80. The molecule has 3 heteroatoms. The van der Waals surface area contributed by atoms with Gasteiger partial charge in [0.15, 0.2) is 6.10 Å². The van der Waals surface area contributed by atoms with Crippen LogP contribution in [0.2, 0.25) is 0 Å². The van der Waals surface area contributed by atoms with E-state index in [-0.39, 0.29) is 5.92 Å². The zero-order chi connectivity index (χ0) is 11.0. The summed E-state index contributed by atoms with van der Waals surface area (Å²) in [6.07, 6.45) is 4.65. The number of hydrogen-bond acceptors (Lipinski definition) is 2. The van der Waals surface area contributed by atoms with E-state index in [1.165, 1.54) is 0 Å². The summed E-state index contributed by atoms with van der Waals surface area (Å²) in [6, 6.07) is 0. The summed E-state index contributed by atoms with van der Waals surface area (Å²) in [5, 5.41) is 18.1. The Kier molecular flexibility index (Phi) is 7.48. The van der Waals surface area contributed by atoms with Gasteiger partial charge in [0.1, 0.15) is 0 Å². The number of carboxylic acid groups (broad SMARTS) is 1. The third-order valence-corrected chi connectivity index (χ3v) is 2.54. The minimum absolute atomic E-state index is 0.0657. The monoisotopic (exact) mass is 202 g/mol. The average Bonchev–Trinajstić information content (AvgIpc) is 2.15. The van der Waals surface area contributed by atoms with Gasteiger partial charge in [-0.15, -0.1) is 0 Å². The molecule has 0 saturated heterocycles. The number of unbranched alkanes of at least 4 members (excludes halogenated alkanes) is 2. The van der Waals surface area contributed by atoms with Crippen molar-refractivity contribution in [2.75, 3.05) is 0 Å². The fraction of sp³-hybridized carbons (Fsp3) is 0.909. The zero-order valence-electron chi connectivity index (χ0n) is 9.20. The minimum atomic E-state index is -1.17. The van der Waals surface area contributed by atoms with Gasteiger partial charge in [0, 0.05) is 0 Å². The van der Waals surface area contributed by atoms with Crippen molar-refractivity contribution in [3.8, 4) is 0 Å². The molecule has 0 fully saturated rings. The number of carboxylic acids is 1. The van der Waals surface area contributed by atoms with Crippen molar-refractivity contribution >= 4 is 5.97 Å². The lowest BCUT2D eigenvalue weighted by Crippen LogP contribution is -2.29. The van der Waals surface area contributed by atoms with E-state index in [4.69, 9.17) is 5.11 Å². The first-order chi connectivity index (χ1) is 6.63. The van der Waals surface area contributed by atoms with Crippen LogP contribution in [-0.2, 0) is 4.79 Å². The lowest BCUT2D eigenvalue weighted by molar-refractivity contribution is -0.150. The second-order valence-corrected chi connectivity index (χ2v) is 3.83. The molecule has 3 nitrogen and oxygen atoms in total. The predicted molar refractivity (Wildman–Crippen MR) is 56.2 cm³/mol. The van der Waals surface area contributed by atoms with E-state index in [9.17, 15) is 9.90 Å². The van der Waals surface area contributed by atoms with Crippen molar-refractivity contribution in [3.05, 3.63) is 0 Å². The van der Waals surface area contributed by atoms with Gasteiger partial charge < -0.3 is 10.2 Å². The Morgan fingerprint density at radius 1 is 1.14 bits per heavy atom. The minimum Gasteiger partial charge on any atom is -0.479 e. The van der Waals surface area contributed by atoms with E-state index >= 15 is 0 Å². The standard InChI is InChI=1S/C11H22O3/c1-3-5-6-8-9(7-4-2)10(12)11(13)14/h9-10,12H,3-8H2,1-2H3,(H,13,14). The molecule has 0 spiro atoms. The molecule has 0 bridgehead atoms. The molecule has 0 aromatic carbocycles. The van der Waals surface area contributed by atoms with Crippen molar-refractivity contribution < 1.29 is 15.0 Å². The number of rotatable bonds is 8. The summed E-state index contributed by atoms with van der Waals surface area (Å²) in [6.45, 7) is 4.13. The van der Waals surface area contributed by atoms with Crippen LogP contribution in [0.4, 0.5) is 0 Å². The van der Waals surface area contributed by atoms with E-state index in [2.05, 4.69) is 6.92 Å². The zero-order valence-corrected chi connectivity index (χ0v) is 9.20. The Balaban J connectivity index is 3.93. The quantitative estimate of drug-likeness (QED) is 0.594. The largest absolute Gasteiger partial charge is 0.479 e. The highest BCUT2D eigenvalue weighted by atomic mass is 16.4. The van der Waals surface area contributed by atoms with Crippen LogP contribution in [0.25, 0.3) is 0 Å². The number of aliphatic hydroxyl groups is 1. The van der Waals surface area contributed by atoms with Gasteiger partial charge in [0.05, 0.1) is 0 Å². The van der Waals surface area contributed by atoms with Crippen LogP contribution in [0, 0.1) is 5.92 Å². The van der Waals surface area contributed by atoms with Crippen LogP contribution in [0.3, 0.4) is 0 Å². The number of aliphatic hydroxyl groups excluding tert-OH is 1. The highest BCUT2D eigenvalue weighted by Crippen LogP contribution is 2.19. The summed E-state index contributed by atoms with van der Waals surface area (Å²) in [5.41, 5.74) is 0. The lowest BCUT2D eigenvalue weighted by Gasteiger charge is -2.18. The smallest absolute Gasteiger partial charge is 0.332 e. The molecule has 0 aromatic heterocycles. The Morgan fingerprint density at radius 2 is 1.79 bits per heavy atom. The first-order valence-electron chi connectivity index (χ1n) is 5.54. The highest BCUT2D eigenvalue weighted by Gasteiger charge is 2.24. The molecule has 14 heavy (non-hydrogen) atoms. The molecule has 84 valence electrons. The SMILES string of the molecule is CCCCCC(CCC)C(O)C(=O)O. The van der Waals surface area contributed by atoms with Crippen LogP contribution >= 0.6 is 0 Å². The number of carbonyl (C=O) groups is 1. The van der Waals surface area contributed by atoms with Gasteiger partial charge in [0.2, 0.25) is 0 Å². The summed E-state index contributed by atoms with van der Waals surface area (Å²) < 4.78 is 0. The molecular formula is C11H22O3. The van der Waals surface area contributed by atoms with Crippen molar-refractivity contribution in [1.29, 1.82) is 0 Å². The summed E-state index contributed by atoms with van der Waals surface area (Å²) in [7, 11) is 0. The fourth-order valence-corrected chi connectivity index (χ4v) is 1.69. The third kappa shape index (κ3) is 5.22. The normalized spacial score (nSPS) is 15.1. The van der Waals surface area contributed by atoms with Gasteiger partial charge in [-0.2, -0.15) is 0 Å². The van der Waals surface area contributed by atoms with Gasteiger partial charge in [-0.25, -0.2) is 4.79 Å².